The number of thioether (sulfide) groups is 1. The molecule has 1 N–H and O–H groups in total. The molecule has 0 aromatic heterocycles. The SMILES string of the molecule is CSCCCOc1ccc2c(c1)CC[C@@H]2O. The first-order valence-electron chi connectivity index (χ1n) is 5.74. The van der Waals surface area contributed by atoms with E-state index in [2.05, 4.69) is 12.3 Å². The van der Waals surface area contributed by atoms with Gasteiger partial charge in [0.1, 0.15) is 5.75 Å². The highest BCUT2D eigenvalue weighted by atomic mass is 32.2. The number of benzene rings is 1. The second-order valence-corrected chi connectivity index (χ2v) is 5.10. The van der Waals surface area contributed by atoms with E-state index in [1.54, 1.807) is 0 Å². The van der Waals surface area contributed by atoms with Crippen molar-refractivity contribution in [1.82, 2.24) is 0 Å². The number of ether oxygens (including phenoxy) is 1. The number of fused-ring (bicyclic) bond motifs is 1. The summed E-state index contributed by atoms with van der Waals surface area (Å²) in [6.07, 6.45) is 4.75. The zero-order chi connectivity index (χ0) is 11.4. The molecule has 1 aromatic rings. The standard InChI is InChI=1S/C13H18O2S/c1-16-8-2-7-15-11-4-5-12-10(9-11)3-6-13(12)14/h4-5,9,13-14H,2-3,6-8H2,1H3/t13-/m0/s1. The molecule has 3 heteroatoms. The Kier molecular flexibility index (Phi) is 4.13. The molecule has 2 rings (SSSR count). The fourth-order valence-electron chi connectivity index (χ4n) is 2.05. The first-order chi connectivity index (χ1) is 7.81. The maximum absolute atomic E-state index is 9.67. The van der Waals surface area contributed by atoms with Crippen LogP contribution in [0.2, 0.25) is 0 Å². The van der Waals surface area contributed by atoms with Crippen molar-refractivity contribution in [3.8, 4) is 5.75 Å². The fraction of sp³-hybridized carbons (Fsp3) is 0.538. The van der Waals surface area contributed by atoms with Gasteiger partial charge in [0.2, 0.25) is 0 Å². The van der Waals surface area contributed by atoms with E-state index in [0.717, 1.165) is 42.9 Å². The van der Waals surface area contributed by atoms with Crippen molar-refractivity contribution < 1.29 is 9.84 Å². The molecule has 1 aromatic carbocycles. The van der Waals surface area contributed by atoms with Crippen LogP contribution >= 0.6 is 11.8 Å². The molecule has 1 atom stereocenters. The monoisotopic (exact) mass is 238 g/mol. The highest BCUT2D eigenvalue weighted by Gasteiger charge is 2.20. The van der Waals surface area contributed by atoms with Crippen molar-refractivity contribution >= 4 is 11.8 Å². The highest BCUT2D eigenvalue weighted by Crippen LogP contribution is 2.33. The van der Waals surface area contributed by atoms with Gasteiger partial charge >= 0.3 is 0 Å². The third-order valence-corrected chi connectivity index (χ3v) is 3.62. The summed E-state index contributed by atoms with van der Waals surface area (Å²) in [6.45, 7) is 0.780. The van der Waals surface area contributed by atoms with E-state index in [0.29, 0.717) is 0 Å². The van der Waals surface area contributed by atoms with Crippen LogP contribution in [-0.4, -0.2) is 23.7 Å². The molecule has 0 aliphatic heterocycles. The van der Waals surface area contributed by atoms with Crippen LogP contribution in [0.1, 0.15) is 30.1 Å². The summed E-state index contributed by atoms with van der Waals surface area (Å²) in [4.78, 5) is 0. The molecule has 0 saturated heterocycles. The van der Waals surface area contributed by atoms with E-state index in [1.807, 2.05) is 23.9 Å². The minimum absolute atomic E-state index is 0.263. The van der Waals surface area contributed by atoms with Crippen molar-refractivity contribution in [1.29, 1.82) is 0 Å². The molecule has 0 spiro atoms. The lowest BCUT2D eigenvalue weighted by molar-refractivity contribution is 0.180. The number of aliphatic hydroxyl groups excluding tert-OH is 1. The lowest BCUT2D eigenvalue weighted by atomic mass is 10.1. The molecule has 0 saturated carbocycles. The number of aryl methyl sites for hydroxylation is 1. The Hall–Kier alpha value is -0.670. The summed E-state index contributed by atoms with van der Waals surface area (Å²) in [5.41, 5.74) is 2.33. The van der Waals surface area contributed by atoms with Crippen molar-refractivity contribution in [3.63, 3.8) is 0 Å². The Balaban J connectivity index is 1.92. The summed E-state index contributed by atoms with van der Waals surface area (Å²) in [5.74, 6) is 2.08. The third-order valence-electron chi connectivity index (χ3n) is 2.92. The number of hydrogen-bond donors (Lipinski definition) is 1. The van der Waals surface area contributed by atoms with E-state index in [4.69, 9.17) is 4.74 Å². The van der Waals surface area contributed by atoms with Crippen molar-refractivity contribution in [2.75, 3.05) is 18.6 Å². The van der Waals surface area contributed by atoms with Gasteiger partial charge in [-0.2, -0.15) is 11.8 Å². The first-order valence-corrected chi connectivity index (χ1v) is 7.13. The number of aliphatic hydroxyl groups is 1. The van der Waals surface area contributed by atoms with Crippen molar-refractivity contribution in [2.24, 2.45) is 0 Å². The summed E-state index contributed by atoms with van der Waals surface area (Å²) >= 11 is 1.84. The minimum Gasteiger partial charge on any atom is -0.494 e. The molecule has 0 radical (unpaired) electrons. The van der Waals surface area contributed by atoms with Crippen molar-refractivity contribution in [2.45, 2.75) is 25.4 Å². The average Bonchev–Trinajstić information content (AvgIpc) is 2.66. The van der Waals surface area contributed by atoms with Gasteiger partial charge < -0.3 is 9.84 Å². The largest absolute Gasteiger partial charge is 0.494 e. The Morgan fingerprint density at radius 2 is 2.38 bits per heavy atom. The molecule has 88 valence electrons. The zero-order valence-electron chi connectivity index (χ0n) is 9.61. The van der Waals surface area contributed by atoms with Crippen LogP contribution in [0.5, 0.6) is 5.75 Å². The van der Waals surface area contributed by atoms with Gasteiger partial charge in [-0.05, 0) is 54.5 Å². The van der Waals surface area contributed by atoms with Gasteiger partial charge in [-0.1, -0.05) is 6.07 Å². The van der Waals surface area contributed by atoms with E-state index >= 15 is 0 Å². The molecule has 1 aliphatic carbocycles. The van der Waals surface area contributed by atoms with Gasteiger partial charge in [-0.3, -0.25) is 0 Å². The van der Waals surface area contributed by atoms with E-state index < -0.39 is 0 Å². The molecule has 2 nitrogen and oxygen atoms in total. The molecule has 16 heavy (non-hydrogen) atoms. The van der Waals surface area contributed by atoms with Crippen LogP contribution in [0.15, 0.2) is 18.2 Å². The predicted molar refractivity (Wildman–Crippen MR) is 68.2 cm³/mol. The molecule has 0 unspecified atom stereocenters. The molecular weight excluding hydrogens is 220 g/mol. The Morgan fingerprint density at radius 1 is 1.50 bits per heavy atom. The van der Waals surface area contributed by atoms with Gasteiger partial charge in [-0.15, -0.1) is 0 Å². The maximum atomic E-state index is 9.67. The van der Waals surface area contributed by atoms with Crippen LogP contribution in [0.3, 0.4) is 0 Å². The second kappa shape index (κ2) is 5.60. The zero-order valence-corrected chi connectivity index (χ0v) is 10.4. The van der Waals surface area contributed by atoms with E-state index in [9.17, 15) is 5.11 Å². The Labute approximate surface area is 101 Å². The Morgan fingerprint density at radius 3 is 3.19 bits per heavy atom. The minimum atomic E-state index is -0.263. The summed E-state index contributed by atoms with van der Waals surface area (Å²) in [5, 5.41) is 9.67. The smallest absolute Gasteiger partial charge is 0.119 e. The number of rotatable bonds is 5. The van der Waals surface area contributed by atoms with Crippen LogP contribution < -0.4 is 4.74 Å². The molecule has 0 heterocycles. The van der Waals surface area contributed by atoms with Crippen LogP contribution in [0.25, 0.3) is 0 Å². The lowest BCUT2D eigenvalue weighted by Gasteiger charge is -2.08. The maximum Gasteiger partial charge on any atom is 0.119 e. The van der Waals surface area contributed by atoms with E-state index in [-0.39, 0.29) is 6.10 Å². The second-order valence-electron chi connectivity index (χ2n) is 4.11. The predicted octanol–water partition coefficient (Wildman–Crippen LogP) is 2.80. The van der Waals surface area contributed by atoms with Crippen LogP contribution in [0, 0.1) is 0 Å². The van der Waals surface area contributed by atoms with E-state index in [1.165, 1.54) is 5.56 Å². The van der Waals surface area contributed by atoms with Gasteiger partial charge in [0, 0.05) is 0 Å². The highest BCUT2D eigenvalue weighted by molar-refractivity contribution is 7.98. The van der Waals surface area contributed by atoms with Crippen molar-refractivity contribution in [3.05, 3.63) is 29.3 Å². The fourth-order valence-corrected chi connectivity index (χ4v) is 2.46. The summed E-state index contributed by atoms with van der Waals surface area (Å²) in [6, 6.07) is 6.04. The van der Waals surface area contributed by atoms with Gasteiger partial charge in [0.15, 0.2) is 0 Å². The van der Waals surface area contributed by atoms with Gasteiger partial charge in [-0.25, -0.2) is 0 Å². The molecule has 0 bridgehead atoms. The van der Waals surface area contributed by atoms with Crippen LogP contribution in [-0.2, 0) is 6.42 Å². The van der Waals surface area contributed by atoms with Crippen LogP contribution in [0.4, 0.5) is 0 Å². The Bertz CT molecular complexity index is 352. The number of hydrogen-bond acceptors (Lipinski definition) is 3. The van der Waals surface area contributed by atoms with Gasteiger partial charge in [0.05, 0.1) is 12.7 Å². The van der Waals surface area contributed by atoms with Gasteiger partial charge in [0.25, 0.3) is 0 Å². The summed E-state index contributed by atoms with van der Waals surface area (Å²) < 4.78 is 5.67. The molecule has 0 fully saturated rings. The molecular formula is C13H18O2S. The third kappa shape index (κ3) is 2.71. The summed E-state index contributed by atoms with van der Waals surface area (Å²) in [7, 11) is 0. The normalized spacial score (nSPS) is 18.5. The topological polar surface area (TPSA) is 29.5 Å². The average molecular weight is 238 g/mol. The first kappa shape index (κ1) is 11.8. The molecule has 1 aliphatic rings. The quantitative estimate of drug-likeness (QED) is 0.800. The molecule has 0 amide bonds. The lowest BCUT2D eigenvalue weighted by Crippen LogP contribution is -1.99.